The Morgan fingerprint density at radius 2 is 1.42 bits per heavy atom. The average Bonchev–Trinajstić information content (AvgIpc) is 3.41. The van der Waals surface area contributed by atoms with E-state index in [0.717, 1.165) is 17.3 Å². The molecule has 0 saturated heterocycles. The highest BCUT2D eigenvalue weighted by molar-refractivity contribution is 7.99. The molecule has 1 amide bonds. The Bertz CT molecular complexity index is 2000. The summed E-state index contributed by atoms with van der Waals surface area (Å²) in [6, 6.07) is 27.0. The van der Waals surface area contributed by atoms with Crippen LogP contribution in [0.1, 0.15) is 43.2 Å². The number of carbonyl (C=O) groups is 3. The number of thioether (sulfide) groups is 1. The fourth-order valence-electron chi connectivity index (χ4n) is 4.83. The van der Waals surface area contributed by atoms with Crippen LogP contribution in [0.5, 0.6) is 0 Å². The van der Waals surface area contributed by atoms with Gasteiger partial charge >= 0.3 is 0 Å². The van der Waals surface area contributed by atoms with Gasteiger partial charge < -0.3 is 5.32 Å². The van der Waals surface area contributed by atoms with Crippen molar-refractivity contribution in [2.45, 2.75) is 22.7 Å². The van der Waals surface area contributed by atoms with Gasteiger partial charge in [0, 0.05) is 33.6 Å². The number of amides is 1. The second-order valence-electron chi connectivity index (χ2n) is 9.94. The zero-order chi connectivity index (χ0) is 30.1. The summed E-state index contributed by atoms with van der Waals surface area (Å²) in [4.78, 5) is 39.1. The van der Waals surface area contributed by atoms with Crippen molar-refractivity contribution in [3.63, 3.8) is 0 Å². The van der Waals surface area contributed by atoms with Crippen LogP contribution in [0.15, 0.2) is 107 Å². The van der Waals surface area contributed by atoms with Crippen molar-refractivity contribution in [2.75, 3.05) is 11.1 Å². The zero-order valence-corrected chi connectivity index (χ0v) is 24.5. The SMILES string of the molecule is Cc1ccc(S(=O)(=O)Cc2nnc(SCC(=O)Nc3ccc4c(c3)C(=O)c3ccccc3C4=O)n2-c2ccccc2)cc1. The van der Waals surface area contributed by atoms with E-state index in [9.17, 15) is 22.8 Å². The third kappa shape index (κ3) is 5.64. The molecule has 4 aromatic carbocycles. The van der Waals surface area contributed by atoms with Crippen molar-refractivity contribution in [1.82, 2.24) is 14.8 Å². The van der Waals surface area contributed by atoms with Crippen LogP contribution < -0.4 is 5.32 Å². The Kier molecular flexibility index (Phi) is 7.51. The molecule has 0 unspecified atom stereocenters. The molecule has 11 heteroatoms. The lowest BCUT2D eigenvalue weighted by Crippen LogP contribution is -2.21. The largest absolute Gasteiger partial charge is 0.325 e. The van der Waals surface area contributed by atoms with Crippen LogP contribution in [0.25, 0.3) is 5.69 Å². The Hall–Kier alpha value is -4.87. The molecule has 0 fully saturated rings. The number of para-hydroxylation sites is 1. The molecule has 6 rings (SSSR count). The summed E-state index contributed by atoms with van der Waals surface area (Å²) in [5.41, 5.74) is 3.20. The normalized spacial score (nSPS) is 12.5. The summed E-state index contributed by atoms with van der Waals surface area (Å²) in [6.07, 6.45) is 0. The van der Waals surface area contributed by atoms with Crippen LogP contribution in [-0.4, -0.2) is 46.4 Å². The first-order valence-electron chi connectivity index (χ1n) is 13.3. The van der Waals surface area contributed by atoms with E-state index in [1.165, 1.54) is 6.07 Å². The topological polar surface area (TPSA) is 128 Å². The highest BCUT2D eigenvalue weighted by atomic mass is 32.2. The number of carbonyl (C=O) groups excluding carboxylic acids is 3. The molecule has 1 aliphatic rings. The number of sulfone groups is 1. The quantitative estimate of drug-likeness (QED) is 0.238. The van der Waals surface area contributed by atoms with E-state index in [4.69, 9.17) is 0 Å². The molecular weight excluding hydrogens is 585 g/mol. The monoisotopic (exact) mass is 608 g/mol. The summed E-state index contributed by atoms with van der Waals surface area (Å²) in [7, 11) is -3.72. The third-order valence-electron chi connectivity index (χ3n) is 6.96. The summed E-state index contributed by atoms with van der Waals surface area (Å²) in [5, 5.41) is 11.5. The number of anilines is 1. The minimum atomic E-state index is -3.72. The Morgan fingerprint density at radius 3 is 2.12 bits per heavy atom. The fourth-order valence-corrected chi connectivity index (χ4v) is 6.84. The smallest absolute Gasteiger partial charge is 0.234 e. The van der Waals surface area contributed by atoms with Crippen LogP contribution in [0.4, 0.5) is 5.69 Å². The first-order valence-corrected chi connectivity index (χ1v) is 15.9. The maximum atomic E-state index is 13.2. The van der Waals surface area contributed by atoms with E-state index in [0.29, 0.717) is 33.2 Å². The molecule has 1 aliphatic carbocycles. The molecule has 1 heterocycles. The van der Waals surface area contributed by atoms with Gasteiger partial charge in [-0.1, -0.05) is 71.9 Å². The molecule has 0 bridgehead atoms. The van der Waals surface area contributed by atoms with Crippen molar-refractivity contribution in [1.29, 1.82) is 0 Å². The van der Waals surface area contributed by atoms with Crippen LogP contribution in [-0.2, 0) is 20.4 Å². The number of fused-ring (bicyclic) bond motifs is 2. The molecule has 214 valence electrons. The molecule has 9 nitrogen and oxygen atoms in total. The number of nitrogens with one attached hydrogen (secondary N) is 1. The third-order valence-corrected chi connectivity index (χ3v) is 9.51. The van der Waals surface area contributed by atoms with Crippen molar-refractivity contribution in [2.24, 2.45) is 0 Å². The summed E-state index contributed by atoms with van der Waals surface area (Å²) < 4.78 is 28.0. The van der Waals surface area contributed by atoms with E-state index < -0.39 is 9.84 Å². The lowest BCUT2D eigenvalue weighted by Gasteiger charge is -2.18. The molecule has 0 atom stereocenters. The minimum absolute atomic E-state index is 0.0670. The summed E-state index contributed by atoms with van der Waals surface area (Å²) in [6.45, 7) is 1.88. The maximum absolute atomic E-state index is 13.2. The lowest BCUT2D eigenvalue weighted by atomic mass is 9.84. The fraction of sp³-hybridized carbons (Fsp3) is 0.0938. The number of aromatic nitrogens is 3. The van der Waals surface area contributed by atoms with Gasteiger partial charge in [0.15, 0.2) is 32.4 Å². The summed E-state index contributed by atoms with van der Waals surface area (Å²) in [5.74, 6) is -1.12. The standard InChI is InChI=1S/C32H24N4O5S2/c1-20-11-14-23(15-12-20)43(40,41)19-28-34-35-32(36(28)22-7-3-2-4-8-22)42-18-29(37)33-21-13-16-26-27(17-21)31(39)25-10-6-5-9-24(25)30(26)38/h2-17H,18-19H2,1H3,(H,33,37). The Morgan fingerprint density at radius 1 is 0.791 bits per heavy atom. The Labute approximate surface area is 251 Å². The molecule has 1 aromatic heterocycles. The lowest BCUT2D eigenvalue weighted by molar-refractivity contribution is -0.113. The van der Waals surface area contributed by atoms with Gasteiger partial charge in [-0.15, -0.1) is 10.2 Å². The van der Waals surface area contributed by atoms with Crippen molar-refractivity contribution >= 4 is 44.8 Å². The van der Waals surface area contributed by atoms with E-state index in [1.54, 1.807) is 77.4 Å². The number of benzene rings is 4. The van der Waals surface area contributed by atoms with Gasteiger partial charge in [0.1, 0.15) is 5.75 Å². The molecule has 0 saturated carbocycles. The van der Waals surface area contributed by atoms with Gasteiger partial charge in [-0.2, -0.15) is 0 Å². The molecule has 1 N–H and O–H groups in total. The number of ketones is 2. The van der Waals surface area contributed by atoms with Crippen LogP contribution in [0.2, 0.25) is 0 Å². The van der Waals surface area contributed by atoms with Crippen molar-refractivity contribution < 1.29 is 22.8 Å². The molecule has 0 spiro atoms. The van der Waals surface area contributed by atoms with Crippen LogP contribution >= 0.6 is 11.8 Å². The average molecular weight is 609 g/mol. The molecular formula is C32H24N4O5S2. The molecule has 5 aromatic rings. The zero-order valence-electron chi connectivity index (χ0n) is 22.9. The van der Waals surface area contributed by atoms with E-state index >= 15 is 0 Å². The van der Waals surface area contributed by atoms with Gasteiger partial charge in [0.25, 0.3) is 0 Å². The van der Waals surface area contributed by atoms with Crippen LogP contribution in [0.3, 0.4) is 0 Å². The number of rotatable bonds is 8. The first kappa shape index (κ1) is 28.3. The molecule has 0 radical (unpaired) electrons. The van der Waals surface area contributed by atoms with Crippen LogP contribution in [0, 0.1) is 6.92 Å². The molecule has 43 heavy (non-hydrogen) atoms. The van der Waals surface area contributed by atoms with Gasteiger partial charge in [-0.3, -0.25) is 19.0 Å². The number of hydrogen-bond donors (Lipinski definition) is 1. The highest BCUT2D eigenvalue weighted by Gasteiger charge is 2.29. The number of nitrogens with zero attached hydrogens (tertiary/aromatic N) is 3. The van der Waals surface area contributed by atoms with Gasteiger partial charge in [-0.05, 0) is 49.4 Å². The summed E-state index contributed by atoms with van der Waals surface area (Å²) >= 11 is 1.10. The molecule has 0 aliphatic heterocycles. The predicted molar refractivity (Wildman–Crippen MR) is 163 cm³/mol. The second-order valence-corrected chi connectivity index (χ2v) is 12.9. The van der Waals surface area contributed by atoms with E-state index in [-0.39, 0.29) is 45.3 Å². The predicted octanol–water partition coefficient (Wildman–Crippen LogP) is 5.06. The highest BCUT2D eigenvalue weighted by Crippen LogP contribution is 2.30. The second kappa shape index (κ2) is 11.4. The number of aryl methyl sites for hydroxylation is 1. The van der Waals surface area contributed by atoms with Crippen molar-refractivity contribution in [3.05, 3.63) is 131 Å². The number of hydrogen-bond acceptors (Lipinski definition) is 8. The van der Waals surface area contributed by atoms with E-state index in [1.807, 2.05) is 25.1 Å². The Balaban J connectivity index is 1.21. The van der Waals surface area contributed by atoms with Gasteiger partial charge in [0.2, 0.25) is 5.91 Å². The van der Waals surface area contributed by atoms with Gasteiger partial charge in [0.05, 0.1) is 10.6 Å². The maximum Gasteiger partial charge on any atom is 0.234 e. The first-order chi connectivity index (χ1) is 20.7. The minimum Gasteiger partial charge on any atom is -0.325 e. The van der Waals surface area contributed by atoms with Gasteiger partial charge in [-0.25, -0.2) is 8.42 Å². The van der Waals surface area contributed by atoms with E-state index in [2.05, 4.69) is 15.5 Å². The van der Waals surface area contributed by atoms with Crippen molar-refractivity contribution in [3.8, 4) is 5.69 Å².